The Bertz CT molecular complexity index is 1330. The molecule has 11 nitrogen and oxygen atoms in total. The van der Waals surface area contributed by atoms with E-state index in [0.717, 1.165) is 43.9 Å². The fraction of sp³-hybridized carbons (Fsp3) is 0.594. The molecule has 44 heavy (non-hydrogen) atoms. The number of ether oxygens (including phenoxy) is 2. The van der Waals surface area contributed by atoms with Crippen LogP contribution in [0.2, 0.25) is 0 Å². The Morgan fingerprint density at radius 2 is 1.73 bits per heavy atom. The largest absolute Gasteiger partial charge is 0.465 e. The number of furan rings is 1. The summed E-state index contributed by atoms with van der Waals surface area (Å²) in [7, 11) is 0. The molecule has 3 aliphatic heterocycles. The summed E-state index contributed by atoms with van der Waals surface area (Å²) in [6.45, 7) is 12.5. The molecular formula is C32H44FN5O6. The number of hydrogen-bond acceptors (Lipinski definition) is 8. The first-order valence-electron chi connectivity index (χ1n) is 15.5. The Labute approximate surface area is 258 Å². The summed E-state index contributed by atoms with van der Waals surface area (Å²) < 4.78 is 32.2. The van der Waals surface area contributed by atoms with Gasteiger partial charge in [0.05, 0.1) is 31.0 Å². The first-order chi connectivity index (χ1) is 20.9. The molecule has 1 aromatic heterocycles. The van der Waals surface area contributed by atoms with Gasteiger partial charge in [0.2, 0.25) is 5.91 Å². The quantitative estimate of drug-likeness (QED) is 0.467. The number of benzene rings is 1. The molecule has 5 rings (SSSR count). The van der Waals surface area contributed by atoms with E-state index in [-0.39, 0.29) is 30.9 Å². The lowest BCUT2D eigenvalue weighted by molar-refractivity contribution is -0.119. The van der Waals surface area contributed by atoms with E-state index in [4.69, 9.17) is 13.9 Å². The number of likely N-dealkylation sites (tertiary alicyclic amines) is 1. The van der Waals surface area contributed by atoms with Gasteiger partial charge in [0.1, 0.15) is 29.0 Å². The third-order valence-corrected chi connectivity index (χ3v) is 8.26. The number of cyclic esters (lactones) is 1. The van der Waals surface area contributed by atoms with Crippen LogP contribution in [0.3, 0.4) is 0 Å². The number of piperazine rings is 1. The van der Waals surface area contributed by atoms with E-state index in [1.165, 1.54) is 17.9 Å². The number of rotatable bonds is 8. The molecule has 3 fully saturated rings. The van der Waals surface area contributed by atoms with Crippen LogP contribution in [-0.4, -0.2) is 92.0 Å². The van der Waals surface area contributed by atoms with Crippen molar-refractivity contribution in [1.29, 1.82) is 0 Å². The number of nitrogens with zero attached hydrogens (tertiary/aromatic N) is 4. The first-order valence-corrected chi connectivity index (χ1v) is 15.5. The highest BCUT2D eigenvalue weighted by atomic mass is 19.1. The van der Waals surface area contributed by atoms with Crippen molar-refractivity contribution in [3.63, 3.8) is 0 Å². The third kappa shape index (κ3) is 8.22. The van der Waals surface area contributed by atoms with Crippen LogP contribution >= 0.6 is 0 Å². The van der Waals surface area contributed by atoms with Crippen molar-refractivity contribution < 1.29 is 32.7 Å². The minimum atomic E-state index is -0.550. The second kappa shape index (κ2) is 13.5. The highest BCUT2D eigenvalue weighted by Gasteiger charge is 2.33. The van der Waals surface area contributed by atoms with Crippen LogP contribution in [-0.2, 0) is 27.2 Å². The highest BCUT2D eigenvalue weighted by molar-refractivity contribution is 5.90. The standard InChI is InChI=1S/C32H44FN5O6/c1-22(39)34-19-27-21-38(31(41)43-27)24-5-8-29(28(33)18-24)36-15-13-35(14-16-36)20-26-7-6-25(42-26)17-23-9-11-37(12-10-23)30(40)44-32(2,3)4/h5-8,18,23,27H,9-17,19-21H2,1-4H3,(H,34,39)/t27-/m0/s1. The van der Waals surface area contributed by atoms with E-state index in [1.807, 2.05) is 31.7 Å². The summed E-state index contributed by atoms with van der Waals surface area (Å²) in [4.78, 5) is 43.3. The van der Waals surface area contributed by atoms with E-state index < -0.39 is 17.8 Å². The minimum Gasteiger partial charge on any atom is -0.465 e. The maximum absolute atomic E-state index is 15.2. The van der Waals surface area contributed by atoms with Crippen molar-refractivity contribution >= 4 is 29.5 Å². The lowest BCUT2D eigenvalue weighted by Gasteiger charge is -2.36. The van der Waals surface area contributed by atoms with Crippen molar-refractivity contribution in [2.45, 2.75) is 65.2 Å². The zero-order valence-corrected chi connectivity index (χ0v) is 26.1. The van der Waals surface area contributed by atoms with Crippen molar-refractivity contribution in [2.75, 3.05) is 62.2 Å². The van der Waals surface area contributed by atoms with Crippen LogP contribution < -0.4 is 15.1 Å². The molecule has 12 heteroatoms. The Morgan fingerprint density at radius 3 is 2.39 bits per heavy atom. The molecule has 1 aromatic carbocycles. The molecule has 0 spiro atoms. The molecule has 2 aromatic rings. The number of halogens is 1. The Kier molecular flexibility index (Phi) is 9.67. The molecule has 0 bridgehead atoms. The van der Waals surface area contributed by atoms with Crippen molar-refractivity contribution in [2.24, 2.45) is 5.92 Å². The molecule has 0 aliphatic carbocycles. The van der Waals surface area contributed by atoms with Crippen LogP contribution in [0, 0.1) is 11.7 Å². The third-order valence-electron chi connectivity index (χ3n) is 8.26. The molecule has 240 valence electrons. The summed E-state index contributed by atoms with van der Waals surface area (Å²) in [5.74, 6) is 1.78. The normalized spacial score (nSPS) is 20.2. The maximum atomic E-state index is 15.2. The summed E-state index contributed by atoms with van der Waals surface area (Å²) >= 11 is 0. The van der Waals surface area contributed by atoms with Gasteiger partial charge in [0.15, 0.2) is 0 Å². The van der Waals surface area contributed by atoms with Gasteiger partial charge in [-0.1, -0.05) is 0 Å². The molecule has 1 N–H and O–H groups in total. The molecule has 3 aliphatic rings. The lowest BCUT2D eigenvalue weighted by atomic mass is 9.93. The number of nitrogens with one attached hydrogen (secondary N) is 1. The molecule has 0 radical (unpaired) electrons. The molecule has 1 atom stereocenters. The monoisotopic (exact) mass is 613 g/mol. The zero-order chi connectivity index (χ0) is 31.4. The van der Waals surface area contributed by atoms with Crippen LogP contribution in [0.25, 0.3) is 0 Å². The average molecular weight is 614 g/mol. The second-order valence-electron chi connectivity index (χ2n) is 12.9. The van der Waals surface area contributed by atoms with E-state index >= 15 is 4.39 Å². The number of carbonyl (C=O) groups excluding carboxylic acids is 3. The van der Waals surface area contributed by atoms with Crippen LogP contribution in [0.5, 0.6) is 0 Å². The predicted molar refractivity (Wildman–Crippen MR) is 163 cm³/mol. The maximum Gasteiger partial charge on any atom is 0.414 e. The van der Waals surface area contributed by atoms with E-state index in [1.54, 1.807) is 17.0 Å². The molecule has 0 saturated carbocycles. The molecular weight excluding hydrogens is 569 g/mol. The van der Waals surface area contributed by atoms with Gasteiger partial charge in [-0.25, -0.2) is 14.0 Å². The number of hydrogen-bond donors (Lipinski definition) is 1. The molecule has 0 unspecified atom stereocenters. The topological polar surface area (TPSA) is 108 Å². The van der Waals surface area contributed by atoms with Gasteiger partial charge >= 0.3 is 12.2 Å². The lowest BCUT2D eigenvalue weighted by Crippen LogP contribution is -2.46. The Morgan fingerprint density at radius 1 is 1.02 bits per heavy atom. The van der Waals surface area contributed by atoms with Crippen molar-refractivity contribution in [3.8, 4) is 0 Å². The fourth-order valence-corrected chi connectivity index (χ4v) is 5.93. The summed E-state index contributed by atoms with van der Waals surface area (Å²) in [5.41, 5.74) is 0.456. The second-order valence-corrected chi connectivity index (χ2v) is 12.9. The van der Waals surface area contributed by atoms with Gasteiger partial charge in [-0.15, -0.1) is 0 Å². The zero-order valence-electron chi connectivity index (χ0n) is 26.1. The van der Waals surface area contributed by atoms with E-state index in [9.17, 15) is 14.4 Å². The number of carbonyl (C=O) groups is 3. The Balaban J connectivity index is 1.06. The minimum absolute atomic E-state index is 0.200. The number of piperidine rings is 1. The van der Waals surface area contributed by atoms with Gasteiger partial charge in [-0.3, -0.25) is 14.6 Å². The van der Waals surface area contributed by atoms with Crippen LogP contribution in [0.1, 0.15) is 52.1 Å². The van der Waals surface area contributed by atoms with Crippen LogP contribution in [0.15, 0.2) is 34.7 Å². The van der Waals surface area contributed by atoms with Crippen molar-refractivity contribution in [3.05, 3.63) is 47.7 Å². The number of amides is 3. The van der Waals surface area contributed by atoms with Crippen LogP contribution in [0.4, 0.5) is 25.4 Å². The van der Waals surface area contributed by atoms with Gasteiger partial charge in [-0.05, 0) is 69.9 Å². The summed E-state index contributed by atoms with van der Waals surface area (Å²) in [6, 6.07) is 8.92. The number of anilines is 2. The Hall–Kier alpha value is -3.80. The highest BCUT2D eigenvalue weighted by Crippen LogP contribution is 2.29. The summed E-state index contributed by atoms with van der Waals surface area (Å²) in [5, 5.41) is 2.64. The van der Waals surface area contributed by atoms with E-state index in [2.05, 4.69) is 16.3 Å². The first kappa shape index (κ1) is 31.6. The van der Waals surface area contributed by atoms with Gasteiger partial charge in [-0.2, -0.15) is 0 Å². The van der Waals surface area contributed by atoms with Gasteiger partial charge in [0.25, 0.3) is 0 Å². The summed E-state index contributed by atoms with van der Waals surface area (Å²) in [6.07, 6.45) is 1.45. The van der Waals surface area contributed by atoms with Gasteiger partial charge < -0.3 is 29.0 Å². The molecule has 3 saturated heterocycles. The SMILES string of the molecule is CC(=O)NC[C@H]1CN(c2ccc(N3CCN(Cc4ccc(CC5CCN(C(=O)OC(C)(C)C)CC5)o4)CC3)c(F)c2)C(=O)O1. The van der Waals surface area contributed by atoms with Gasteiger partial charge in [0, 0.05) is 52.6 Å². The molecule has 3 amide bonds. The molecule has 4 heterocycles. The van der Waals surface area contributed by atoms with Crippen molar-refractivity contribution in [1.82, 2.24) is 15.1 Å². The predicted octanol–water partition coefficient (Wildman–Crippen LogP) is 4.39. The average Bonchev–Trinajstić information content (AvgIpc) is 3.57. The fourth-order valence-electron chi connectivity index (χ4n) is 5.93. The smallest absolute Gasteiger partial charge is 0.414 e. The van der Waals surface area contributed by atoms with E-state index in [0.29, 0.717) is 50.0 Å².